The molecule has 5 aromatic rings. The van der Waals surface area contributed by atoms with E-state index in [0.29, 0.717) is 34.3 Å². The van der Waals surface area contributed by atoms with Gasteiger partial charge in [0, 0.05) is 21.8 Å². The molecule has 1 aliphatic rings. The number of aromatic amines is 1. The van der Waals surface area contributed by atoms with Crippen LogP contribution in [-0.4, -0.2) is 33.0 Å². The first kappa shape index (κ1) is 41.4. The van der Waals surface area contributed by atoms with Crippen LogP contribution in [0, 0.1) is 32.4 Å². The van der Waals surface area contributed by atoms with Gasteiger partial charge in [0.1, 0.15) is 29.1 Å². The van der Waals surface area contributed by atoms with E-state index in [2.05, 4.69) is 62.9 Å². The zero-order chi connectivity index (χ0) is 37.7. The highest BCUT2D eigenvalue weighted by molar-refractivity contribution is 9.11. The number of ether oxygens (including phenoxy) is 2. The van der Waals surface area contributed by atoms with Crippen molar-refractivity contribution < 1.29 is 23.0 Å². The second-order valence-electron chi connectivity index (χ2n) is 11.7. The maximum Gasteiger partial charge on any atom is 0.285 e. The van der Waals surface area contributed by atoms with Crippen LogP contribution in [0.5, 0.6) is 23.0 Å². The number of H-pyrrole nitrogens is 1. The summed E-state index contributed by atoms with van der Waals surface area (Å²) in [6.45, 7) is 7.10. The molecule has 0 bridgehead atoms. The molecule has 3 N–H and O–H groups in total. The molecule has 0 radical (unpaired) electrons. The SMILES string of the molecule is C.C[C@H]1N=C(Cc2ccc(Cl)c(Oc3cc(Br)cc(Br)c3)c2F)NNC1=O.Cc1cc(C)cc(Oc2c(Cl)ccc(Cc3n[nH]c(=O)c(C)n3)c2F)c1. The molecule has 0 fully saturated rings. The maximum absolute atomic E-state index is 14.9. The lowest BCUT2D eigenvalue weighted by Gasteiger charge is -2.20. The number of amidine groups is 1. The molecule has 10 nitrogen and oxygen atoms in total. The fraction of sp³-hybridized carbons (Fsp3) is 0.216. The quantitative estimate of drug-likeness (QED) is 0.142. The second kappa shape index (κ2) is 18.1. The Hall–Kier alpha value is -4.37. The third kappa shape index (κ3) is 10.8. The van der Waals surface area contributed by atoms with E-state index in [9.17, 15) is 18.4 Å². The van der Waals surface area contributed by atoms with E-state index in [1.54, 1.807) is 50.2 Å². The summed E-state index contributed by atoms with van der Waals surface area (Å²) in [5, 5.41) is 6.51. The van der Waals surface area contributed by atoms with Crippen LogP contribution in [0.3, 0.4) is 0 Å². The van der Waals surface area contributed by atoms with Crippen molar-refractivity contribution in [3.8, 4) is 23.0 Å². The van der Waals surface area contributed by atoms with E-state index in [1.165, 1.54) is 0 Å². The number of nitrogens with one attached hydrogen (secondary N) is 3. The summed E-state index contributed by atoms with van der Waals surface area (Å²) in [5.41, 5.74) is 7.73. The molecule has 0 saturated carbocycles. The number of rotatable bonds is 8. The van der Waals surface area contributed by atoms with E-state index in [4.69, 9.17) is 32.7 Å². The molecular weight excluding hydrogens is 861 g/mol. The first-order chi connectivity index (χ1) is 24.7. The Morgan fingerprint density at radius 1 is 0.774 bits per heavy atom. The number of aliphatic imine (C=N–C) groups is 1. The number of aryl methyl sites for hydroxylation is 3. The lowest BCUT2D eigenvalue weighted by Crippen LogP contribution is -2.50. The van der Waals surface area contributed by atoms with Crippen molar-refractivity contribution in [2.45, 2.75) is 54.0 Å². The molecule has 0 unspecified atom stereocenters. The number of carbonyl (C=O) groups is 1. The Labute approximate surface area is 331 Å². The van der Waals surface area contributed by atoms with E-state index in [1.807, 2.05) is 38.1 Å². The van der Waals surface area contributed by atoms with Crippen LogP contribution in [0.1, 0.15) is 48.1 Å². The van der Waals surface area contributed by atoms with Gasteiger partial charge in [0.15, 0.2) is 29.0 Å². The molecule has 4 aromatic carbocycles. The van der Waals surface area contributed by atoms with E-state index < -0.39 is 17.7 Å². The Morgan fingerprint density at radius 2 is 1.30 bits per heavy atom. The van der Waals surface area contributed by atoms with Gasteiger partial charge in [-0.2, -0.15) is 5.10 Å². The standard InChI is InChI=1S/C19H17ClFN3O2.C17H13Br2ClFN3O2.CH4/c1-10-6-11(2)8-14(7-10)26-18-15(20)5-4-13(17(18)21)9-16-22-12(3)19(25)24-23-16;1-8-17(25)24-23-14(22-8)4-9-2-3-13(20)16(15(9)21)26-12-6-10(18)5-11(19)7-12;/h4-8H,9H2,1-3H3,(H,24,25);2-3,5-8H,4H2,1H3,(H,22,23)(H,24,25);1H4/t;8-;/m.1./s1. The summed E-state index contributed by atoms with van der Waals surface area (Å²) in [7, 11) is 0. The Balaban J connectivity index is 0.000000232. The largest absolute Gasteiger partial charge is 0.453 e. The van der Waals surface area contributed by atoms with Gasteiger partial charge in [-0.25, -0.2) is 18.9 Å². The number of aromatic nitrogens is 3. The average Bonchev–Trinajstić information content (AvgIpc) is 3.07. The number of hydrogen-bond acceptors (Lipinski definition) is 8. The van der Waals surface area contributed by atoms with Crippen LogP contribution in [0.15, 0.2) is 79.4 Å². The van der Waals surface area contributed by atoms with Gasteiger partial charge in [0.05, 0.1) is 10.0 Å². The number of carbonyl (C=O) groups excluding carboxylic acids is 1. The normalized spacial score (nSPS) is 13.4. The highest BCUT2D eigenvalue weighted by Crippen LogP contribution is 2.37. The van der Waals surface area contributed by atoms with Gasteiger partial charge in [-0.3, -0.25) is 25.4 Å². The van der Waals surface area contributed by atoms with Gasteiger partial charge in [0.25, 0.3) is 11.5 Å². The van der Waals surface area contributed by atoms with Crippen molar-refractivity contribution in [3.63, 3.8) is 0 Å². The van der Waals surface area contributed by atoms with Gasteiger partial charge in [-0.15, -0.1) is 0 Å². The highest BCUT2D eigenvalue weighted by atomic mass is 79.9. The summed E-state index contributed by atoms with van der Waals surface area (Å²) in [6, 6.07) is 16.6. The monoisotopic (exact) mass is 892 g/mol. The van der Waals surface area contributed by atoms with Crippen LogP contribution in [0.2, 0.25) is 10.0 Å². The predicted octanol–water partition coefficient (Wildman–Crippen LogP) is 9.66. The van der Waals surface area contributed by atoms with E-state index >= 15 is 0 Å². The summed E-state index contributed by atoms with van der Waals surface area (Å²) < 4.78 is 42.8. The van der Waals surface area contributed by atoms with Gasteiger partial charge in [-0.05, 0) is 92.4 Å². The topological polar surface area (TPSA) is 131 Å². The fourth-order valence-corrected chi connectivity index (χ4v) is 6.59. The van der Waals surface area contributed by atoms with Crippen LogP contribution >= 0.6 is 55.1 Å². The van der Waals surface area contributed by atoms with Crippen molar-refractivity contribution in [2.75, 3.05) is 0 Å². The van der Waals surface area contributed by atoms with Crippen molar-refractivity contribution in [1.82, 2.24) is 26.0 Å². The van der Waals surface area contributed by atoms with E-state index in [-0.39, 0.29) is 59.0 Å². The molecule has 278 valence electrons. The number of hydrogen-bond donors (Lipinski definition) is 3. The fourth-order valence-electron chi connectivity index (χ4n) is 4.97. The number of nitrogens with zero attached hydrogens (tertiary/aromatic N) is 3. The van der Waals surface area contributed by atoms with Gasteiger partial charge < -0.3 is 9.47 Å². The zero-order valence-corrected chi connectivity index (χ0v) is 32.7. The number of hydrazine groups is 1. The first-order valence-corrected chi connectivity index (χ1v) is 17.9. The Bertz CT molecular complexity index is 2220. The minimum absolute atomic E-state index is 0. The molecule has 16 heteroatoms. The van der Waals surface area contributed by atoms with Crippen LogP contribution in [-0.2, 0) is 17.6 Å². The minimum Gasteiger partial charge on any atom is -0.453 e. The third-order valence-corrected chi connectivity index (χ3v) is 8.92. The Morgan fingerprint density at radius 3 is 1.83 bits per heavy atom. The lowest BCUT2D eigenvalue weighted by molar-refractivity contribution is -0.122. The number of halogens is 6. The highest BCUT2D eigenvalue weighted by Gasteiger charge is 2.22. The summed E-state index contributed by atoms with van der Waals surface area (Å²) in [5.74, 6) is 0.185. The van der Waals surface area contributed by atoms with Crippen molar-refractivity contribution in [1.29, 1.82) is 0 Å². The van der Waals surface area contributed by atoms with Crippen molar-refractivity contribution >= 4 is 66.8 Å². The van der Waals surface area contributed by atoms with Crippen LogP contribution in [0.25, 0.3) is 0 Å². The molecule has 0 spiro atoms. The molecule has 1 aromatic heterocycles. The molecule has 0 aliphatic carbocycles. The van der Waals surface area contributed by atoms with Gasteiger partial charge in [-0.1, -0.05) is 80.7 Å². The van der Waals surface area contributed by atoms with Crippen LogP contribution in [0.4, 0.5) is 8.78 Å². The van der Waals surface area contributed by atoms with Crippen LogP contribution < -0.4 is 25.9 Å². The molecule has 1 aliphatic heterocycles. The van der Waals surface area contributed by atoms with Crippen molar-refractivity contribution in [3.05, 3.63) is 135 Å². The molecule has 6 rings (SSSR count). The number of amides is 1. The molecule has 1 atom stereocenters. The second-order valence-corrected chi connectivity index (χ2v) is 14.4. The third-order valence-electron chi connectivity index (χ3n) is 7.41. The minimum atomic E-state index is -0.581. The molecule has 2 heterocycles. The van der Waals surface area contributed by atoms with Gasteiger partial charge >= 0.3 is 0 Å². The first-order valence-electron chi connectivity index (χ1n) is 15.6. The molecule has 53 heavy (non-hydrogen) atoms. The molecule has 1 amide bonds. The van der Waals surface area contributed by atoms with Gasteiger partial charge in [0.2, 0.25) is 0 Å². The Kier molecular flexibility index (Phi) is 14.1. The molecular formula is C37H34Br2Cl2F2N6O4. The smallest absolute Gasteiger partial charge is 0.285 e. The summed E-state index contributed by atoms with van der Waals surface area (Å²) in [6.07, 6.45) is 0.260. The zero-order valence-electron chi connectivity index (χ0n) is 28.0. The summed E-state index contributed by atoms with van der Waals surface area (Å²) in [4.78, 5) is 31.0. The maximum atomic E-state index is 14.9. The van der Waals surface area contributed by atoms with Crippen molar-refractivity contribution in [2.24, 2.45) is 4.99 Å². The lowest BCUT2D eigenvalue weighted by atomic mass is 10.1. The molecule has 0 saturated heterocycles. The average molecular weight is 895 g/mol. The predicted molar refractivity (Wildman–Crippen MR) is 210 cm³/mol. The van der Waals surface area contributed by atoms with E-state index in [0.717, 1.165) is 20.1 Å². The summed E-state index contributed by atoms with van der Waals surface area (Å²) >= 11 is 19.0. The number of benzene rings is 4.